The van der Waals surface area contributed by atoms with Gasteiger partial charge in [0, 0.05) is 50.7 Å². The molecule has 0 saturated carbocycles. The van der Waals surface area contributed by atoms with Crippen LogP contribution in [0.4, 0.5) is 5.82 Å². The minimum atomic E-state index is -3.61. The van der Waals surface area contributed by atoms with Gasteiger partial charge in [-0.1, -0.05) is 0 Å². The van der Waals surface area contributed by atoms with E-state index in [0.29, 0.717) is 50.9 Å². The SMILES string of the molecule is O=S(=O)(c1ccc2c(c1)OCCO2)N1CCN(c2cc(-n3cccc3)ncn2)CC1. The van der Waals surface area contributed by atoms with E-state index in [1.165, 1.54) is 10.6 Å². The molecule has 1 saturated heterocycles. The van der Waals surface area contributed by atoms with Crippen LogP contribution in [-0.4, -0.2) is 66.7 Å². The lowest BCUT2D eigenvalue weighted by atomic mass is 10.3. The number of fused-ring (bicyclic) bond motifs is 1. The average Bonchev–Trinajstić information content (AvgIpc) is 3.34. The third-order valence-electron chi connectivity index (χ3n) is 5.22. The number of sulfonamides is 1. The summed E-state index contributed by atoms with van der Waals surface area (Å²) < 4.78 is 40.6. The van der Waals surface area contributed by atoms with Crippen molar-refractivity contribution in [2.75, 3.05) is 44.3 Å². The molecule has 1 fully saturated rings. The summed E-state index contributed by atoms with van der Waals surface area (Å²) in [7, 11) is -3.61. The van der Waals surface area contributed by atoms with Crippen LogP contribution in [-0.2, 0) is 10.0 Å². The molecule has 4 heterocycles. The fourth-order valence-corrected chi connectivity index (χ4v) is 5.07. The molecule has 0 unspecified atom stereocenters. The number of ether oxygens (including phenoxy) is 2. The number of hydrogen-bond acceptors (Lipinski definition) is 7. The Hall–Kier alpha value is -3.11. The van der Waals surface area contributed by atoms with Gasteiger partial charge in [-0.3, -0.25) is 0 Å². The lowest BCUT2D eigenvalue weighted by Crippen LogP contribution is -2.49. The standard InChI is InChI=1S/C20H21N5O4S/c26-30(27,16-3-4-17-18(13-16)29-12-11-28-17)25-9-7-24(8-10-25)20-14-19(21-15-22-20)23-5-1-2-6-23/h1-6,13-15H,7-12H2. The van der Waals surface area contributed by atoms with Crippen molar-refractivity contribution >= 4 is 15.8 Å². The van der Waals surface area contributed by atoms with Crippen molar-refractivity contribution in [1.29, 1.82) is 0 Å². The zero-order chi connectivity index (χ0) is 20.6. The van der Waals surface area contributed by atoms with Crippen LogP contribution in [0, 0.1) is 0 Å². The zero-order valence-electron chi connectivity index (χ0n) is 16.2. The molecule has 10 heteroatoms. The summed E-state index contributed by atoms with van der Waals surface area (Å²) in [5.74, 6) is 2.60. The molecule has 0 amide bonds. The summed E-state index contributed by atoms with van der Waals surface area (Å²) in [6.07, 6.45) is 5.37. The molecule has 2 aromatic heterocycles. The van der Waals surface area contributed by atoms with E-state index < -0.39 is 10.0 Å². The van der Waals surface area contributed by atoms with Gasteiger partial charge in [0.25, 0.3) is 0 Å². The van der Waals surface area contributed by atoms with Gasteiger partial charge in [0.05, 0.1) is 4.90 Å². The predicted octanol–water partition coefficient (Wildman–Crippen LogP) is 1.55. The molecule has 0 aliphatic carbocycles. The third-order valence-corrected chi connectivity index (χ3v) is 7.12. The molecule has 2 aliphatic rings. The summed E-state index contributed by atoms with van der Waals surface area (Å²) in [5, 5.41) is 0. The van der Waals surface area contributed by atoms with E-state index in [0.717, 1.165) is 11.6 Å². The number of nitrogens with zero attached hydrogens (tertiary/aromatic N) is 5. The Bertz CT molecular complexity index is 1140. The second-order valence-electron chi connectivity index (χ2n) is 7.02. The molecule has 0 atom stereocenters. The van der Waals surface area contributed by atoms with Crippen LogP contribution < -0.4 is 14.4 Å². The van der Waals surface area contributed by atoms with Crippen LogP contribution >= 0.6 is 0 Å². The van der Waals surface area contributed by atoms with E-state index in [2.05, 4.69) is 14.9 Å². The number of rotatable bonds is 4. The van der Waals surface area contributed by atoms with E-state index in [-0.39, 0.29) is 4.90 Å². The Morgan fingerprint density at radius 1 is 0.833 bits per heavy atom. The molecule has 0 N–H and O–H groups in total. The summed E-state index contributed by atoms with van der Waals surface area (Å²) >= 11 is 0. The summed E-state index contributed by atoms with van der Waals surface area (Å²) in [6.45, 7) is 2.73. The molecule has 2 aliphatic heterocycles. The Labute approximate surface area is 174 Å². The molecule has 156 valence electrons. The number of aromatic nitrogens is 3. The van der Waals surface area contributed by atoms with E-state index in [1.807, 2.05) is 35.2 Å². The van der Waals surface area contributed by atoms with Crippen molar-refractivity contribution in [3.63, 3.8) is 0 Å². The minimum absolute atomic E-state index is 0.220. The summed E-state index contributed by atoms with van der Waals surface area (Å²) in [4.78, 5) is 11.0. The van der Waals surface area contributed by atoms with E-state index >= 15 is 0 Å². The first-order valence-corrected chi connectivity index (χ1v) is 11.2. The second-order valence-corrected chi connectivity index (χ2v) is 8.96. The molecule has 0 bridgehead atoms. The van der Waals surface area contributed by atoms with Crippen molar-refractivity contribution in [3.05, 3.63) is 55.1 Å². The van der Waals surface area contributed by atoms with Crippen molar-refractivity contribution in [3.8, 4) is 17.3 Å². The van der Waals surface area contributed by atoms with Gasteiger partial charge in [-0.2, -0.15) is 4.31 Å². The molecule has 3 aromatic rings. The van der Waals surface area contributed by atoms with Gasteiger partial charge < -0.3 is 18.9 Å². The monoisotopic (exact) mass is 427 g/mol. The summed E-state index contributed by atoms with van der Waals surface area (Å²) in [5.41, 5.74) is 0. The first kappa shape index (κ1) is 18.9. The second kappa shape index (κ2) is 7.62. The third kappa shape index (κ3) is 3.48. The Morgan fingerprint density at radius 2 is 1.53 bits per heavy atom. The van der Waals surface area contributed by atoms with Gasteiger partial charge in [0.15, 0.2) is 11.5 Å². The van der Waals surface area contributed by atoms with Crippen LogP contribution in [0.1, 0.15) is 0 Å². The first-order valence-electron chi connectivity index (χ1n) is 9.71. The normalized spacial score (nSPS) is 17.1. The minimum Gasteiger partial charge on any atom is -0.486 e. The average molecular weight is 427 g/mol. The van der Waals surface area contributed by atoms with Crippen molar-refractivity contribution in [2.24, 2.45) is 0 Å². The highest BCUT2D eigenvalue weighted by Gasteiger charge is 2.30. The van der Waals surface area contributed by atoms with Crippen LogP contribution in [0.2, 0.25) is 0 Å². The van der Waals surface area contributed by atoms with Gasteiger partial charge in [-0.15, -0.1) is 0 Å². The fraction of sp³-hybridized carbons (Fsp3) is 0.300. The highest BCUT2D eigenvalue weighted by atomic mass is 32.2. The van der Waals surface area contributed by atoms with Gasteiger partial charge in [0.2, 0.25) is 10.0 Å². The molecule has 0 spiro atoms. The van der Waals surface area contributed by atoms with Crippen molar-refractivity contribution in [1.82, 2.24) is 18.8 Å². The van der Waals surface area contributed by atoms with Gasteiger partial charge in [-0.25, -0.2) is 18.4 Å². The van der Waals surface area contributed by atoms with E-state index in [9.17, 15) is 8.42 Å². The maximum absolute atomic E-state index is 13.1. The Morgan fingerprint density at radius 3 is 2.30 bits per heavy atom. The maximum Gasteiger partial charge on any atom is 0.243 e. The lowest BCUT2D eigenvalue weighted by Gasteiger charge is -2.34. The summed E-state index contributed by atoms with van der Waals surface area (Å²) in [6, 6.07) is 10.5. The molecular weight excluding hydrogens is 406 g/mol. The fourth-order valence-electron chi connectivity index (χ4n) is 3.63. The van der Waals surface area contributed by atoms with Gasteiger partial charge >= 0.3 is 0 Å². The number of hydrogen-bond donors (Lipinski definition) is 0. The zero-order valence-corrected chi connectivity index (χ0v) is 17.0. The molecule has 0 radical (unpaired) electrons. The largest absolute Gasteiger partial charge is 0.486 e. The Kier molecular flexibility index (Phi) is 4.80. The van der Waals surface area contributed by atoms with Crippen molar-refractivity contribution < 1.29 is 17.9 Å². The quantitative estimate of drug-likeness (QED) is 0.624. The predicted molar refractivity (Wildman–Crippen MR) is 110 cm³/mol. The van der Waals surface area contributed by atoms with Crippen LogP contribution in [0.3, 0.4) is 0 Å². The number of anilines is 1. The lowest BCUT2D eigenvalue weighted by molar-refractivity contribution is 0.171. The molecule has 1 aromatic carbocycles. The van der Waals surface area contributed by atoms with Gasteiger partial charge in [-0.05, 0) is 24.3 Å². The molecular formula is C20H21N5O4S. The van der Waals surface area contributed by atoms with Crippen LogP contribution in [0.5, 0.6) is 11.5 Å². The number of benzene rings is 1. The molecule has 5 rings (SSSR count). The smallest absolute Gasteiger partial charge is 0.243 e. The Balaban J connectivity index is 1.30. The van der Waals surface area contributed by atoms with Crippen molar-refractivity contribution in [2.45, 2.75) is 4.90 Å². The highest BCUT2D eigenvalue weighted by Crippen LogP contribution is 2.33. The topological polar surface area (TPSA) is 89.8 Å². The van der Waals surface area contributed by atoms with E-state index in [1.54, 1.807) is 18.2 Å². The van der Waals surface area contributed by atoms with Crippen LogP contribution in [0.15, 0.2) is 60.0 Å². The molecule has 9 nitrogen and oxygen atoms in total. The van der Waals surface area contributed by atoms with E-state index in [4.69, 9.17) is 9.47 Å². The number of piperazine rings is 1. The maximum atomic E-state index is 13.1. The van der Waals surface area contributed by atoms with Gasteiger partial charge in [0.1, 0.15) is 31.2 Å². The van der Waals surface area contributed by atoms with Crippen LogP contribution in [0.25, 0.3) is 5.82 Å². The highest BCUT2D eigenvalue weighted by molar-refractivity contribution is 7.89. The molecule has 30 heavy (non-hydrogen) atoms. The first-order chi connectivity index (χ1) is 14.6.